The van der Waals surface area contributed by atoms with Gasteiger partial charge in [-0.05, 0) is 18.2 Å². The van der Waals surface area contributed by atoms with Crippen LogP contribution in [0.3, 0.4) is 0 Å². The average molecular weight is 340 g/mol. The van der Waals surface area contributed by atoms with Gasteiger partial charge in [0.15, 0.2) is 0 Å². The average Bonchev–Trinajstić information content (AvgIpc) is 2.48. The Labute approximate surface area is 130 Å². The van der Waals surface area contributed by atoms with E-state index in [2.05, 4.69) is 0 Å². The van der Waals surface area contributed by atoms with Crippen LogP contribution in [-0.2, 0) is 10.1 Å². The Kier molecular flexibility index (Phi) is 5.07. The van der Waals surface area contributed by atoms with Crippen molar-refractivity contribution in [1.29, 1.82) is 0 Å². The van der Waals surface area contributed by atoms with Crippen LogP contribution in [0.4, 0.5) is 11.4 Å². The molecule has 0 fully saturated rings. The third-order valence-electron chi connectivity index (χ3n) is 2.42. The molecule has 0 spiro atoms. The maximum Gasteiger partial charge on any atom is 0.319 e. The predicted molar refractivity (Wildman–Crippen MR) is 80.8 cm³/mol. The molecule has 0 saturated carbocycles. The number of nitrogens with zero attached hydrogens (tertiary/aromatic N) is 2. The lowest BCUT2D eigenvalue weighted by Crippen LogP contribution is -2.00. The monoisotopic (exact) mass is 340 g/mol. The summed E-state index contributed by atoms with van der Waals surface area (Å²) in [5.74, 6) is -0.294. The van der Waals surface area contributed by atoms with Crippen LogP contribution in [0.15, 0.2) is 53.4 Å². The molecule has 0 aliphatic carbocycles. The van der Waals surface area contributed by atoms with Crippen molar-refractivity contribution in [2.75, 3.05) is 0 Å². The van der Waals surface area contributed by atoms with Crippen LogP contribution in [0, 0.1) is 20.2 Å². The fourth-order valence-corrected chi connectivity index (χ4v) is 3.35. The van der Waals surface area contributed by atoms with Crippen LogP contribution in [-0.4, -0.2) is 14.1 Å². The molecule has 0 heterocycles. The van der Waals surface area contributed by atoms with E-state index in [1.165, 1.54) is 0 Å². The van der Waals surface area contributed by atoms with Gasteiger partial charge in [-0.3, -0.25) is 20.2 Å². The highest BCUT2D eigenvalue weighted by Gasteiger charge is 2.22. The molecule has 2 aromatic carbocycles. The third kappa shape index (κ3) is 4.02. The van der Waals surface area contributed by atoms with Gasteiger partial charge >= 0.3 is 5.69 Å². The highest BCUT2D eigenvalue weighted by atomic mass is 33.1. The minimum absolute atomic E-state index is 0.294. The van der Waals surface area contributed by atoms with E-state index in [9.17, 15) is 24.4 Å². The molecule has 0 saturated heterocycles. The number of non-ortho nitro benzene ring substituents is 1. The van der Waals surface area contributed by atoms with Crippen molar-refractivity contribution in [1.82, 2.24) is 0 Å². The predicted octanol–water partition coefficient (Wildman–Crippen LogP) is 3.25. The minimum Gasteiger partial charge on any atom is -0.385 e. The van der Waals surface area contributed by atoms with Crippen molar-refractivity contribution in [3.8, 4) is 5.75 Å². The van der Waals surface area contributed by atoms with Crippen molar-refractivity contribution >= 4 is 32.3 Å². The van der Waals surface area contributed by atoms with E-state index in [0.717, 1.165) is 29.0 Å². The number of nitro groups is 2. The summed E-state index contributed by atoms with van der Waals surface area (Å²) in [5.41, 5.74) is -1.06. The first-order chi connectivity index (χ1) is 10.5. The van der Waals surface area contributed by atoms with Crippen LogP contribution in [0.25, 0.3) is 0 Å². The van der Waals surface area contributed by atoms with Crippen molar-refractivity contribution in [3.05, 3.63) is 68.8 Å². The first-order valence-corrected chi connectivity index (χ1v) is 8.14. The summed E-state index contributed by atoms with van der Waals surface area (Å²) >= 11 is 0. The van der Waals surface area contributed by atoms with Gasteiger partial charge in [-0.25, -0.2) is 4.21 Å². The summed E-state index contributed by atoms with van der Waals surface area (Å²) in [6, 6.07) is 11.6. The fourth-order valence-electron chi connectivity index (χ4n) is 1.48. The Hall–Kier alpha value is -2.46. The Morgan fingerprint density at radius 1 is 1.00 bits per heavy atom. The molecule has 22 heavy (non-hydrogen) atoms. The van der Waals surface area contributed by atoms with E-state index in [0.29, 0.717) is 4.90 Å². The number of rotatable bonds is 6. The molecule has 0 aliphatic heterocycles. The summed E-state index contributed by atoms with van der Waals surface area (Å²) in [6.07, 6.45) is 0. The molecule has 2 rings (SSSR count). The third-order valence-corrected chi connectivity index (χ3v) is 4.52. The molecule has 8 nitrogen and oxygen atoms in total. The summed E-state index contributed by atoms with van der Waals surface area (Å²) in [7, 11) is -1.06. The molecule has 1 unspecified atom stereocenters. The van der Waals surface area contributed by atoms with Crippen molar-refractivity contribution < 1.29 is 18.2 Å². The number of nitro benzene ring substituents is 2. The summed E-state index contributed by atoms with van der Waals surface area (Å²) in [4.78, 5) is 20.6. The molecule has 10 heteroatoms. The van der Waals surface area contributed by atoms with Crippen LogP contribution in [0.5, 0.6) is 5.75 Å². The van der Waals surface area contributed by atoms with Gasteiger partial charge in [0.05, 0.1) is 15.9 Å². The van der Waals surface area contributed by atoms with E-state index in [4.69, 9.17) is 4.18 Å². The van der Waals surface area contributed by atoms with Gasteiger partial charge in [0, 0.05) is 21.8 Å². The van der Waals surface area contributed by atoms with E-state index in [1.54, 1.807) is 30.3 Å². The molecule has 0 amide bonds. The second-order valence-corrected chi connectivity index (χ2v) is 6.38. The quantitative estimate of drug-likeness (QED) is 0.450. The van der Waals surface area contributed by atoms with Crippen LogP contribution in [0.2, 0.25) is 0 Å². The molecule has 0 aliphatic rings. The summed E-state index contributed by atoms with van der Waals surface area (Å²) in [6.45, 7) is 0. The zero-order valence-electron chi connectivity index (χ0n) is 10.8. The first-order valence-electron chi connectivity index (χ1n) is 5.73. The zero-order valence-corrected chi connectivity index (χ0v) is 12.4. The summed E-state index contributed by atoms with van der Waals surface area (Å²) < 4.78 is 16.9. The van der Waals surface area contributed by atoms with Crippen molar-refractivity contribution in [3.63, 3.8) is 0 Å². The molecule has 0 aromatic heterocycles. The maximum atomic E-state index is 11.9. The lowest BCUT2D eigenvalue weighted by atomic mass is 10.2. The largest absolute Gasteiger partial charge is 0.385 e. The van der Waals surface area contributed by atoms with Crippen LogP contribution >= 0.6 is 10.8 Å². The zero-order chi connectivity index (χ0) is 16.1. The van der Waals surface area contributed by atoms with Crippen LogP contribution in [0.1, 0.15) is 0 Å². The Bertz CT molecular complexity index is 738. The van der Waals surface area contributed by atoms with Crippen molar-refractivity contribution in [2.24, 2.45) is 0 Å². The second-order valence-electron chi connectivity index (χ2n) is 3.85. The van der Waals surface area contributed by atoms with Gasteiger partial charge in [-0.15, -0.1) is 0 Å². The lowest BCUT2D eigenvalue weighted by molar-refractivity contribution is -0.394. The SMILES string of the molecule is O=[N+]([O-])c1ccc(OS(=O)Sc2ccccc2)c([N+](=O)[O-])c1. The molecule has 114 valence electrons. The second kappa shape index (κ2) is 7.00. The number of benzene rings is 2. The molecular formula is C12H8N2O6S2. The smallest absolute Gasteiger partial charge is 0.319 e. The van der Waals surface area contributed by atoms with E-state index < -0.39 is 31.3 Å². The highest BCUT2D eigenvalue weighted by Crippen LogP contribution is 2.33. The normalized spacial score (nSPS) is 11.6. The van der Waals surface area contributed by atoms with Gasteiger partial charge in [-0.2, -0.15) is 0 Å². The maximum absolute atomic E-state index is 11.9. The van der Waals surface area contributed by atoms with Gasteiger partial charge in [0.25, 0.3) is 15.8 Å². The van der Waals surface area contributed by atoms with Gasteiger partial charge in [0.2, 0.25) is 5.75 Å². The number of hydrogen-bond donors (Lipinski definition) is 0. The van der Waals surface area contributed by atoms with Gasteiger partial charge in [0.1, 0.15) is 0 Å². The van der Waals surface area contributed by atoms with Gasteiger partial charge in [-0.1, -0.05) is 18.2 Å². The molecular weight excluding hydrogens is 332 g/mol. The molecule has 0 radical (unpaired) electrons. The fraction of sp³-hybridized carbons (Fsp3) is 0. The minimum atomic E-state index is -1.92. The Morgan fingerprint density at radius 3 is 2.27 bits per heavy atom. The Balaban J connectivity index is 2.20. The molecule has 1 atom stereocenters. The molecule has 0 N–H and O–H groups in total. The summed E-state index contributed by atoms with van der Waals surface area (Å²) in [5, 5.41) is 21.6. The lowest BCUT2D eigenvalue weighted by Gasteiger charge is -2.04. The molecule has 2 aromatic rings. The topological polar surface area (TPSA) is 113 Å². The molecule has 0 bridgehead atoms. The Morgan fingerprint density at radius 2 is 1.68 bits per heavy atom. The standard InChI is InChI=1S/C12H8N2O6S2/c15-13(16)9-6-7-12(11(8-9)14(17)18)20-22(19)21-10-4-2-1-3-5-10/h1-8H. The van der Waals surface area contributed by atoms with Crippen molar-refractivity contribution in [2.45, 2.75) is 4.90 Å². The highest BCUT2D eigenvalue weighted by molar-refractivity contribution is 8.67. The number of hydrogen-bond acceptors (Lipinski definition) is 7. The first kappa shape index (κ1) is 15.9. The van der Waals surface area contributed by atoms with Gasteiger partial charge < -0.3 is 4.18 Å². The van der Waals surface area contributed by atoms with E-state index >= 15 is 0 Å². The van der Waals surface area contributed by atoms with E-state index in [1.807, 2.05) is 0 Å². The van der Waals surface area contributed by atoms with E-state index in [-0.39, 0.29) is 5.75 Å². The van der Waals surface area contributed by atoms with Crippen LogP contribution < -0.4 is 4.18 Å².